The fourth-order valence-corrected chi connectivity index (χ4v) is 2.06. The number of aromatic nitrogens is 2. The van der Waals surface area contributed by atoms with Crippen molar-refractivity contribution in [2.45, 2.75) is 24.8 Å². The van der Waals surface area contributed by atoms with Crippen LogP contribution in [-0.4, -0.2) is 29.7 Å². The molecule has 0 saturated carbocycles. The summed E-state index contributed by atoms with van der Waals surface area (Å²) in [5.74, 6) is -1.59. The highest BCUT2D eigenvalue weighted by atomic mass is 32.2. The Kier molecular flexibility index (Phi) is 2.82. The zero-order valence-electron chi connectivity index (χ0n) is 8.18. The van der Waals surface area contributed by atoms with Crippen LogP contribution in [0.25, 0.3) is 0 Å². The molecule has 0 unspecified atom stereocenters. The number of hydrogen-bond acceptors (Lipinski definition) is 4. The highest BCUT2D eigenvalue weighted by molar-refractivity contribution is 7.89. The second-order valence-corrected chi connectivity index (χ2v) is 4.82. The molecule has 1 aromatic heterocycles. The van der Waals surface area contributed by atoms with Crippen molar-refractivity contribution in [1.82, 2.24) is 10.2 Å². The van der Waals surface area contributed by atoms with Crippen molar-refractivity contribution in [2.24, 2.45) is 5.14 Å². The van der Waals surface area contributed by atoms with Crippen molar-refractivity contribution < 1.29 is 18.3 Å². The van der Waals surface area contributed by atoms with E-state index < -0.39 is 16.0 Å². The van der Waals surface area contributed by atoms with E-state index in [0.717, 1.165) is 0 Å². The van der Waals surface area contributed by atoms with Crippen LogP contribution in [0.5, 0.6) is 0 Å². The lowest BCUT2D eigenvalue weighted by molar-refractivity contribution is 0.0689. The van der Waals surface area contributed by atoms with Gasteiger partial charge in [-0.25, -0.2) is 18.4 Å². The van der Waals surface area contributed by atoms with Crippen molar-refractivity contribution in [1.29, 1.82) is 0 Å². The first kappa shape index (κ1) is 11.7. The molecular formula is C7H11N3O4S. The highest BCUT2D eigenvalue weighted by Crippen LogP contribution is 2.24. The molecule has 1 aromatic rings. The molecule has 0 aliphatic rings. The lowest BCUT2D eigenvalue weighted by atomic mass is 10.0. The van der Waals surface area contributed by atoms with Gasteiger partial charge in [0, 0.05) is 5.56 Å². The van der Waals surface area contributed by atoms with Gasteiger partial charge in [0.15, 0.2) is 10.7 Å². The van der Waals surface area contributed by atoms with Crippen LogP contribution in [0, 0.1) is 0 Å². The number of aromatic amines is 1. The van der Waals surface area contributed by atoms with E-state index in [1.807, 2.05) is 0 Å². The van der Waals surface area contributed by atoms with E-state index in [4.69, 9.17) is 10.2 Å². The Morgan fingerprint density at radius 2 is 2.07 bits per heavy atom. The predicted octanol–water partition coefficient (Wildman–Crippen LogP) is -0.121. The number of sulfonamides is 1. The molecule has 0 aliphatic heterocycles. The molecule has 8 heteroatoms. The minimum atomic E-state index is -3.97. The first-order chi connectivity index (χ1) is 6.75. The average Bonchev–Trinajstić information content (AvgIpc) is 2.45. The maximum absolute atomic E-state index is 11.1. The Bertz CT molecular complexity index is 488. The molecule has 4 N–H and O–H groups in total. The van der Waals surface area contributed by atoms with Gasteiger partial charge in [-0.2, -0.15) is 5.10 Å². The SMILES string of the molecule is CC(C)c1c(C(=O)O)n[nH]c1S(N)(=O)=O. The van der Waals surface area contributed by atoms with E-state index in [1.165, 1.54) is 0 Å². The molecular weight excluding hydrogens is 222 g/mol. The number of rotatable bonds is 3. The third kappa shape index (κ3) is 2.16. The number of carbonyl (C=O) groups is 1. The first-order valence-corrected chi connectivity index (χ1v) is 5.64. The summed E-state index contributed by atoms with van der Waals surface area (Å²) in [4.78, 5) is 10.7. The molecule has 84 valence electrons. The van der Waals surface area contributed by atoms with Gasteiger partial charge >= 0.3 is 5.97 Å². The van der Waals surface area contributed by atoms with E-state index in [2.05, 4.69) is 10.2 Å². The minimum absolute atomic E-state index is 0.102. The van der Waals surface area contributed by atoms with Crippen LogP contribution in [0.4, 0.5) is 0 Å². The quantitative estimate of drug-likeness (QED) is 0.670. The normalized spacial score (nSPS) is 12.0. The zero-order valence-corrected chi connectivity index (χ0v) is 9.00. The number of H-pyrrole nitrogens is 1. The Balaban J connectivity index is 3.51. The smallest absolute Gasteiger partial charge is 0.356 e. The van der Waals surface area contributed by atoms with Crippen molar-refractivity contribution in [3.8, 4) is 0 Å². The molecule has 0 aliphatic carbocycles. The highest BCUT2D eigenvalue weighted by Gasteiger charge is 2.26. The van der Waals surface area contributed by atoms with Crippen LogP contribution >= 0.6 is 0 Å². The van der Waals surface area contributed by atoms with Crippen molar-refractivity contribution in [3.05, 3.63) is 11.3 Å². The molecule has 0 radical (unpaired) electrons. The number of nitrogens with zero attached hydrogens (tertiary/aromatic N) is 1. The summed E-state index contributed by atoms with van der Waals surface area (Å²) >= 11 is 0. The molecule has 1 rings (SSSR count). The standard InChI is InChI=1S/C7H11N3O4S/c1-3(2)4-5(7(11)12)9-10-6(4)15(8,13)14/h3H,1-2H3,(H,9,10)(H,11,12)(H2,8,13,14). The summed E-state index contributed by atoms with van der Waals surface area (Å²) in [5.41, 5.74) is -0.209. The monoisotopic (exact) mass is 233 g/mol. The summed E-state index contributed by atoms with van der Waals surface area (Å²) in [6.07, 6.45) is 0. The van der Waals surface area contributed by atoms with Crippen LogP contribution in [0.3, 0.4) is 0 Å². The molecule has 0 spiro atoms. The summed E-state index contributed by atoms with van der Waals surface area (Å²) in [6, 6.07) is 0. The fourth-order valence-electron chi connectivity index (χ4n) is 1.25. The maximum atomic E-state index is 11.1. The summed E-state index contributed by atoms with van der Waals surface area (Å²) < 4.78 is 22.2. The van der Waals surface area contributed by atoms with E-state index in [-0.39, 0.29) is 22.2 Å². The molecule has 0 amide bonds. The lowest BCUT2D eigenvalue weighted by Gasteiger charge is -2.05. The minimum Gasteiger partial charge on any atom is -0.476 e. The molecule has 7 nitrogen and oxygen atoms in total. The van der Waals surface area contributed by atoms with Gasteiger partial charge in [0.05, 0.1) is 0 Å². The number of nitrogens with two attached hydrogens (primary N) is 1. The Hall–Kier alpha value is -1.41. The fraction of sp³-hybridized carbons (Fsp3) is 0.429. The number of carboxylic acid groups (broad SMARTS) is 1. The van der Waals surface area contributed by atoms with Crippen LogP contribution in [0.2, 0.25) is 0 Å². The van der Waals surface area contributed by atoms with Crippen molar-refractivity contribution in [3.63, 3.8) is 0 Å². The van der Waals surface area contributed by atoms with Gasteiger partial charge in [0.1, 0.15) is 0 Å². The molecule has 15 heavy (non-hydrogen) atoms. The van der Waals surface area contributed by atoms with Gasteiger partial charge in [-0.15, -0.1) is 0 Å². The van der Waals surface area contributed by atoms with Crippen LogP contribution in [0.15, 0.2) is 5.03 Å². The Morgan fingerprint density at radius 3 is 2.40 bits per heavy atom. The third-order valence-electron chi connectivity index (χ3n) is 1.83. The first-order valence-electron chi connectivity index (χ1n) is 4.09. The molecule has 0 aromatic carbocycles. The van der Waals surface area contributed by atoms with E-state index in [0.29, 0.717) is 0 Å². The van der Waals surface area contributed by atoms with E-state index in [1.54, 1.807) is 13.8 Å². The van der Waals surface area contributed by atoms with Crippen LogP contribution < -0.4 is 5.14 Å². The molecule has 0 bridgehead atoms. The number of hydrogen-bond donors (Lipinski definition) is 3. The summed E-state index contributed by atoms with van der Waals surface area (Å²) in [7, 11) is -3.97. The molecule has 0 fully saturated rings. The maximum Gasteiger partial charge on any atom is 0.356 e. The second-order valence-electron chi connectivity index (χ2n) is 3.32. The largest absolute Gasteiger partial charge is 0.476 e. The summed E-state index contributed by atoms with van der Waals surface area (Å²) in [6.45, 7) is 3.32. The lowest BCUT2D eigenvalue weighted by Crippen LogP contribution is -2.15. The summed E-state index contributed by atoms with van der Waals surface area (Å²) in [5, 5.41) is 18.9. The van der Waals surface area contributed by atoms with Gasteiger partial charge in [-0.1, -0.05) is 13.8 Å². The third-order valence-corrected chi connectivity index (χ3v) is 2.71. The average molecular weight is 233 g/mol. The number of primary sulfonamides is 1. The van der Waals surface area contributed by atoms with E-state index >= 15 is 0 Å². The van der Waals surface area contributed by atoms with Crippen molar-refractivity contribution >= 4 is 16.0 Å². The topological polar surface area (TPSA) is 126 Å². The zero-order chi connectivity index (χ0) is 11.8. The van der Waals surface area contributed by atoms with Gasteiger partial charge in [0.2, 0.25) is 0 Å². The van der Waals surface area contributed by atoms with E-state index in [9.17, 15) is 13.2 Å². The Morgan fingerprint density at radius 1 is 1.53 bits per heavy atom. The molecule has 1 heterocycles. The molecule has 0 saturated heterocycles. The predicted molar refractivity (Wildman–Crippen MR) is 51.0 cm³/mol. The van der Waals surface area contributed by atoms with Crippen LogP contribution in [-0.2, 0) is 10.0 Å². The Labute approximate surface area is 86.3 Å². The van der Waals surface area contributed by atoms with Crippen LogP contribution in [0.1, 0.15) is 35.8 Å². The van der Waals surface area contributed by atoms with Gasteiger partial charge in [-0.05, 0) is 5.92 Å². The van der Waals surface area contributed by atoms with Gasteiger partial charge in [-0.3, -0.25) is 5.10 Å². The van der Waals surface area contributed by atoms with Gasteiger partial charge < -0.3 is 5.11 Å². The number of nitrogens with one attached hydrogen (secondary N) is 1. The van der Waals surface area contributed by atoms with Crippen molar-refractivity contribution in [2.75, 3.05) is 0 Å². The van der Waals surface area contributed by atoms with Gasteiger partial charge in [0.25, 0.3) is 10.0 Å². The molecule has 0 atom stereocenters. The number of aromatic carboxylic acids is 1. The second kappa shape index (κ2) is 3.63. The number of carboxylic acids is 1.